The van der Waals surface area contributed by atoms with Crippen molar-refractivity contribution in [1.29, 1.82) is 0 Å². The molecule has 0 fully saturated rings. The number of aryl methyl sites for hydroxylation is 2. The fourth-order valence-corrected chi connectivity index (χ4v) is 4.76. The lowest BCUT2D eigenvalue weighted by atomic mass is 9.91. The van der Waals surface area contributed by atoms with Gasteiger partial charge in [0.2, 0.25) is 0 Å². The van der Waals surface area contributed by atoms with Crippen molar-refractivity contribution in [2.24, 2.45) is 0 Å². The van der Waals surface area contributed by atoms with Gasteiger partial charge in [0, 0.05) is 0 Å². The van der Waals surface area contributed by atoms with Gasteiger partial charge in [-0.25, -0.2) is 0 Å². The molecule has 0 heterocycles. The minimum atomic E-state index is -4.40. The topological polar surface area (TPSA) is 0 Å². The number of rotatable bonds is 7. The van der Waals surface area contributed by atoms with Crippen molar-refractivity contribution in [1.82, 2.24) is 0 Å². The first-order valence-corrected chi connectivity index (χ1v) is 13.1. The maximum atomic E-state index is 13.6. The maximum absolute atomic E-state index is 13.6. The van der Waals surface area contributed by atoms with Gasteiger partial charge in [0.15, 0.2) is 0 Å². The zero-order chi connectivity index (χ0) is 27.3. The standard InChI is InChI=1S/C35H33F3/c1-5-26-10-7-11-28(22-26)16-18-29-12-8-14-32(24(29)3)33-15-9-13-30(25(33)4)19-20-31-23-27(6-2)17-21-34(31)35(36,37)38/h7-23H,5-6H2,1-4H3/b18-16+,20-19+. The van der Waals surface area contributed by atoms with Crippen LogP contribution in [0.15, 0.2) is 78.9 Å². The predicted octanol–water partition coefficient (Wildman–Crippen LogP) is 10.5. The molecule has 0 N–H and O–H groups in total. The Morgan fingerprint density at radius 3 is 1.68 bits per heavy atom. The lowest BCUT2D eigenvalue weighted by molar-refractivity contribution is -0.137. The molecular formula is C35H33F3. The summed E-state index contributed by atoms with van der Waals surface area (Å²) in [6.45, 7) is 8.24. The third-order valence-corrected chi connectivity index (χ3v) is 7.13. The fourth-order valence-electron chi connectivity index (χ4n) is 4.76. The summed E-state index contributed by atoms with van der Waals surface area (Å²) in [5.74, 6) is 0. The van der Waals surface area contributed by atoms with Crippen LogP contribution in [0.2, 0.25) is 0 Å². The molecule has 4 aromatic carbocycles. The lowest BCUT2D eigenvalue weighted by Crippen LogP contribution is -2.07. The monoisotopic (exact) mass is 510 g/mol. The van der Waals surface area contributed by atoms with Crippen LogP contribution in [0.1, 0.15) is 63.9 Å². The average Bonchev–Trinajstić information content (AvgIpc) is 2.91. The highest BCUT2D eigenvalue weighted by atomic mass is 19.4. The summed E-state index contributed by atoms with van der Waals surface area (Å²) in [7, 11) is 0. The zero-order valence-electron chi connectivity index (χ0n) is 22.4. The van der Waals surface area contributed by atoms with E-state index in [0.717, 1.165) is 45.4 Å². The van der Waals surface area contributed by atoms with Crippen LogP contribution in [-0.4, -0.2) is 0 Å². The van der Waals surface area contributed by atoms with Crippen molar-refractivity contribution in [2.45, 2.75) is 46.7 Å². The number of benzene rings is 4. The van der Waals surface area contributed by atoms with E-state index in [9.17, 15) is 13.2 Å². The Hall–Kier alpha value is -3.85. The highest BCUT2D eigenvalue weighted by Gasteiger charge is 2.32. The third-order valence-electron chi connectivity index (χ3n) is 7.13. The van der Waals surface area contributed by atoms with E-state index in [4.69, 9.17) is 0 Å². The van der Waals surface area contributed by atoms with Crippen LogP contribution in [-0.2, 0) is 19.0 Å². The Bertz CT molecular complexity index is 1490. The van der Waals surface area contributed by atoms with Crippen LogP contribution in [0.5, 0.6) is 0 Å². The smallest absolute Gasteiger partial charge is 0.166 e. The second kappa shape index (κ2) is 11.7. The van der Waals surface area contributed by atoms with Gasteiger partial charge in [-0.15, -0.1) is 0 Å². The number of hydrogen-bond donors (Lipinski definition) is 0. The Morgan fingerprint density at radius 1 is 0.579 bits per heavy atom. The largest absolute Gasteiger partial charge is 0.416 e. The first kappa shape index (κ1) is 27.2. The molecule has 0 nitrogen and oxygen atoms in total. The van der Waals surface area contributed by atoms with Crippen molar-refractivity contribution in [3.05, 3.63) is 129 Å². The minimum Gasteiger partial charge on any atom is -0.166 e. The third kappa shape index (κ3) is 6.16. The van der Waals surface area contributed by atoms with E-state index in [0.29, 0.717) is 6.42 Å². The minimum absolute atomic E-state index is 0.192. The first-order valence-electron chi connectivity index (χ1n) is 13.1. The quantitative estimate of drug-likeness (QED) is 0.217. The van der Waals surface area contributed by atoms with Gasteiger partial charge >= 0.3 is 6.18 Å². The van der Waals surface area contributed by atoms with Crippen LogP contribution >= 0.6 is 0 Å². The molecule has 0 aromatic heterocycles. The van der Waals surface area contributed by atoms with Gasteiger partial charge in [0.1, 0.15) is 0 Å². The summed E-state index contributed by atoms with van der Waals surface area (Å²) in [4.78, 5) is 0. The van der Waals surface area contributed by atoms with Crippen molar-refractivity contribution in [3.63, 3.8) is 0 Å². The molecular weight excluding hydrogens is 477 g/mol. The Morgan fingerprint density at radius 2 is 1.11 bits per heavy atom. The molecule has 0 aliphatic rings. The average molecular weight is 511 g/mol. The molecule has 4 rings (SSSR count). The van der Waals surface area contributed by atoms with Gasteiger partial charge in [0.05, 0.1) is 5.56 Å². The van der Waals surface area contributed by atoms with Crippen LogP contribution < -0.4 is 0 Å². The van der Waals surface area contributed by atoms with Crippen molar-refractivity contribution >= 4 is 24.3 Å². The van der Waals surface area contributed by atoms with Gasteiger partial charge in [-0.3, -0.25) is 0 Å². The molecule has 0 radical (unpaired) electrons. The van der Waals surface area contributed by atoms with E-state index < -0.39 is 11.7 Å². The SMILES string of the molecule is CCc1cccc(/C=C/c2cccc(-c3cccc(/C=C/c4cc(CC)ccc4C(F)(F)F)c3C)c2C)c1. The van der Waals surface area contributed by atoms with Gasteiger partial charge < -0.3 is 0 Å². The van der Waals surface area contributed by atoms with Gasteiger partial charge in [0.25, 0.3) is 0 Å². The second-order valence-corrected chi connectivity index (χ2v) is 9.58. The predicted molar refractivity (Wildman–Crippen MR) is 156 cm³/mol. The molecule has 0 amide bonds. The van der Waals surface area contributed by atoms with Crippen LogP contribution in [0.3, 0.4) is 0 Å². The van der Waals surface area contributed by atoms with E-state index in [1.807, 2.05) is 26.0 Å². The first-order chi connectivity index (χ1) is 18.2. The number of halogens is 3. The lowest BCUT2D eigenvalue weighted by Gasteiger charge is -2.14. The molecule has 0 aliphatic carbocycles. The highest BCUT2D eigenvalue weighted by Crippen LogP contribution is 2.35. The van der Waals surface area contributed by atoms with E-state index in [2.05, 4.69) is 74.5 Å². The molecule has 0 bridgehead atoms. The molecule has 4 aromatic rings. The van der Waals surface area contributed by atoms with Crippen molar-refractivity contribution in [3.8, 4) is 11.1 Å². The fraction of sp³-hybridized carbons (Fsp3) is 0.200. The number of alkyl halides is 3. The van der Waals surface area contributed by atoms with Gasteiger partial charge in [-0.05, 0) is 88.4 Å². The Labute approximate surface area is 224 Å². The normalized spacial score (nSPS) is 12.1. The van der Waals surface area contributed by atoms with E-state index in [1.54, 1.807) is 24.3 Å². The number of hydrogen-bond acceptors (Lipinski definition) is 0. The highest BCUT2D eigenvalue weighted by molar-refractivity contribution is 5.82. The maximum Gasteiger partial charge on any atom is 0.416 e. The molecule has 0 saturated heterocycles. The zero-order valence-corrected chi connectivity index (χ0v) is 22.4. The second-order valence-electron chi connectivity index (χ2n) is 9.58. The van der Waals surface area contributed by atoms with Crippen molar-refractivity contribution < 1.29 is 13.2 Å². The summed E-state index contributed by atoms with van der Waals surface area (Å²) in [5.41, 5.74) is 9.35. The summed E-state index contributed by atoms with van der Waals surface area (Å²) in [6, 6.07) is 25.2. The summed E-state index contributed by atoms with van der Waals surface area (Å²) >= 11 is 0. The molecule has 0 atom stereocenters. The van der Waals surface area contributed by atoms with Crippen LogP contribution in [0.25, 0.3) is 35.4 Å². The molecule has 194 valence electrons. The van der Waals surface area contributed by atoms with Crippen LogP contribution in [0.4, 0.5) is 13.2 Å². The van der Waals surface area contributed by atoms with E-state index in [-0.39, 0.29) is 5.56 Å². The van der Waals surface area contributed by atoms with E-state index in [1.165, 1.54) is 17.2 Å². The summed E-state index contributed by atoms with van der Waals surface area (Å²) in [6.07, 6.45) is 4.95. The summed E-state index contributed by atoms with van der Waals surface area (Å²) < 4.78 is 40.9. The van der Waals surface area contributed by atoms with Crippen molar-refractivity contribution in [2.75, 3.05) is 0 Å². The Balaban J connectivity index is 1.69. The molecule has 0 saturated carbocycles. The van der Waals surface area contributed by atoms with Gasteiger partial charge in [-0.1, -0.05) is 111 Å². The van der Waals surface area contributed by atoms with Gasteiger partial charge in [-0.2, -0.15) is 13.2 Å². The molecule has 3 heteroatoms. The molecule has 0 unspecified atom stereocenters. The molecule has 38 heavy (non-hydrogen) atoms. The molecule has 0 aliphatic heterocycles. The Kier molecular flexibility index (Phi) is 8.36. The van der Waals surface area contributed by atoms with E-state index >= 15 is 0 Å². The summed E-state index contributed by atoms with van der Waals surface area (Å²) in [5, 5.41) is 0. The van der Waals surface area contributed by atoms with Crippen LogP contribution in [0, 0.1) is 13.8 Å². The molecule has 0 spiro atoms.